The first-order valence-corrected chi connectivity index (χ1v) is 14.2. The number of nitrogens with zero attached hydrogens (tertiary/aromatic N) is 3. The topological polar surface area (TPSA) is 101 Å². The lowest BCUT2D eigenvalue weighted by Crippen LogP contribution is -2.17. The van der Waals surface area contributed by atoms with E-state index in [-0.39, 0.29) is 17.8 Å². The van der Waals surface area contributed by atoms with Crippen molar-refractivity contribution in [2.75, 3.05) is 19.7 Å². The normalized spacial score (nSPS) is 16.4. The zero-order chi connectivity index (χ0) is 30.3. The molecule has 41 heavy (non-hydrogen) atoms. The van der Waals surface area contributed by atoms with Gasteiger partial charge >= 0.3 is 12.3 Å². The van der Waals surface area contributed by atoms with Crippen LogP contribution in [0.2, 0.25) is 0 Å². The number of terminal acetylenes is 1. The van der Waals surface area contributed by atoms with Gasteiger partial charge in [0.05, 0.1) is 18.7 Å². The number of rotatable bonds is 7. The highest BCUT2D eigenvalue weighted by Gasteiger charge is 2.32. The van der Waals surface area contributed by atoms with E-state index < -0.39 is 18.2 Å². The summed E-state index contributed by atoms with van der Waals surface area (Å²) in [5.41, 5.74) is 0.233. The Kier molecular flexibility index (Phi) is 14.3. The van der Waals surface area contributed by atoms with Crippen LogP contribution in [0.1, 0.15) is 58.1 Å². The van der Waals surface area contributed by atoms with Gasteiger partial charge in [-0.05, 0) is 61.5 Å². The van der Waals surface area contributed by atoms with Gasteiger partial charge in [0.25, 0.3) is 0 Å². The van der Waals surface area contributed by atoms with Crippen molar-refractivity contribution in [1.29, 1.82) is 0 Å². The van der Waals surface area contributed by atoms with Crippen molar-refractivity contribution in [2.24, 2.45) is 5.92 Å². The zero-order valence-corrected chi connectivity index (χ0v) is 24.1. The molecule has 8 nitrogen and oxygen atoms in total. The minimum Gasteiger partial charge on any atom is -0.494 e. The molecule has 2 aliphatic rings. The summed E-state index contributed by atoms with van der Waals surface area (Å²) in [4.78, 5) is 15.3. The number of aromatic amines is 1. The van der Waals surface area contributed by atoms with Gasteiger partial charge in [0.1, 0.15) is 5.75 Å². The molecule has 0 amide bonds. The lowest BCUT2D eigenvalue weighted by molar-refractivity contribution is -0.276. The predicted molar refractivity (Wildman–Crippen MR) is 154 cm³/mol. The molecule has 12 heteroatoms. The van der Waals surface area contributed by atoms with Crippen LogP contribution in [0.15, 0.2) is 41.3 Å². The van der Waals surface area contributed by atoms with E-state index in [0.29, 0.717) is 5.39 Å². The average Bonchev–Trinajstić information content (AvgIpc) is 3.70. The molecule has 5 rings (SSSR count). The highest BCUT2D eigenvalue weighted by Crippen LogP contribution is 2.30. The number of carboxylic acids is 1. The Balaban J connectivity index is 0.000000234. The summed E-state index contributed by atoms with van der Waals surface area (Å²) in [5.74, 6) is 0.0661. The van der Waals surface area contributed by atoms with Gasteiger partial charge in [0.15, 0.2) is 5.65 Å². The van der Waals surface area contributed by atoms with E-state index in [4.69, 9.17) is 9.84 Å². The minimum absolute atomic E-state index is 0.0343. The van der Waals surface area contributed by atoms with Crippen LogP contribution in [-0.4, -0.2) is 56.6 Å². The summed E-state index contributed by atoms with van der Waals surface area (Å²) < 4.78 is 47.3. The van der Waals surface area contributed by atoms with E-state index in [9.17, 15) is 18.0 Å². The Morgan fingerprint density at radius 3 is 2.27 bits per heavy atom. The number of aliphatic carboxylic acids is 1. The van der Waals surface area contributed by atoms with E-state index in [1.165, 1.54) is 62.6 Å². The van der Waals surface area contributed by atoms with Crippen LogP contribution in [0.25, 0.3) is 11.0 Å². The third kappa shape index (κ3) is 12.7. The summed E-state index contributed by atoms with van der Waals surface area (Å²) in [5, 5.41) is 15.0. The van der Waals surface area contributed by atoms with Gasteiger partial charge in [-0.15, -0.1) is 26.0 Å². The van der Waals surface area contributed by atoms with Crippen molar-refractivity contribution in [3.05, 3.63) is 42.1 Å². The van der Waals surface area contributed by atoms with E-state index in [2.05, 4.69) is 56.1 Å². The summed E-state index contributed by atoms with van der Waals surface area (Å²) in [6.45, 7) is 7.47. The van der Waals surface area contributed by atoms with Gasteiger partial charge in [0, 0.05) is 29.4 Å². The van der Waals surface area contributed by atoms with Gasteiger partial charge in [-0.25, -0.2) is 4.31 Å². The van der Waals surface area contributed by atoms with Crippen molar-refractivity contribution in [3.63, 3.8) is 0 Å². The van der Waals surface area contributed by atoms with Gasteiger partial charge in [-0.1, -0.05) is 39.0 Å². The maximum atomic E-state index is 12.0. The second-order valence-corrected chi connectivity index (χ2v) is 10.6. The van der Waals surface area contributed by atoms with Crippen LogP contribution < -0.4 is 9.47 Å². The number of alkyl halides is 3. The maximum Gasteiger partial charge on any atom is 0.574 e. The fraction of sp³-hybridized carbons (Fsp3) is 0.483. The monoisotopic (exact) mass is 594 g/mol. The van der Waals surface area contributed by atoms with Gasteiger partial charge in [-0.2, -0.15) is 10.1 Å². The lowest BCUT2D eigenvalue weighted by atomic mass is 10.2. The first kappa shape index (κ1) is 33.8. The quantitative estimate of drug-likeness (QED) is 0.220. The van der Waals surface area contributed by atoms with E-state index in [1.54, 1.807) is 0 Å². The van der Waals surface area contributed by atoms with Crippen LogP contribution in [-0.2, 0) is 11.2 Å². The number of pyridine rings is 1. The fourth-order valence-electron chi connectivity index (χ4n) is 4.17. The predicted octanol–water partition coefficient (Wildman–Crippen LogP) is 7.12. The standard InChI is InChI=1S/C13H19NOS.C9H6F3N3O3.C5H10.C2H2/c1-3-15-12-4-6-13(7-5-12)16-14-9-8-11(2)10-14;10-9(11,12)18-6-2-1-4-5(3-7(16)17)14-15-8(4)13-6;1-2-4-5-3-1;1-2/h4-7,11H,3,8-10H2,1-2H3;1-2H,3H2,(H,16,17)(H,13,14,15);1-5H2;1-2H/t11-;;;/m1.../s1. The van der Waals surface area contributed by atoms with E-state index in [1.807, 2.05) is 31.0 Å². The number of hydrogen-bond acceptors (Lipinski definition) is 7. The lowest BCUT2D eigenvalue weighted by Gasteiger charge is -2.14. The molecule has 0 radical (unpaired) electrons. The number of carbonyl (C=O) groups is 1. The average molecular weight is 595 g/mol. The number of nitrogens with one attached hydrogen (secondary N) is 1. The molecule has 224 valence electrons. The smallest absolute Gasteiger partial charge is 0.494 e. The number of H-pyrrole nitrogens is 1. The van der Waals surface area contributed by atoms with Gasteiger partial charge in [-0.3, -0.25) is 9.89 Å². The Bertz CT molecular complexity index is 1210. The minimum atomic E-state index is -4.83. The summed E-state index contributed by atoms with van der Waals surface area (Å²) in [6, 6.07) is 10.6. The van der Waals surface area contributed by atoms with Crippen molar-refractivity contribution in [2.45, 2.75) is 70.1 Å². The third-order valence-electron chi connectivity index (χ3n) is 6.03. The summed E-state index contributed by atoms with van der Waals surface area (Å²) in [7, 11) is 0. The summed E-state index contributed by atoms with van der Waals surface area (Å²) >= 11 is 1.86. The number of carboxylic acid groups (broad SMARTS) is 1. The molecule has 3 aromatic rings. The van der Waals surface area contributed by atoms with Gasteiger partial charge < -0.3 is 14.6 Å². The van der Waals surface area contributed by atoms with Crippen LogP contribution >= 0.6 is 11.9 Å². The van der Waals surface area contributed by atoms with Crippen molar-refractivity contribution in [3.8, 4) is 24.5 Å². The number of halogens is 3. The first-order chi connectivity index (χ1) is 19.6. The number of fused-ring (bicyclic) bond motifs is 1. The van der Waals surface area contributed by atoms with Crippen LogP contribution in [0.3, 0.4) is 0 Å². The molecule has 1 aliphatic heterocycles. The second kappa shape index (κ2) is 17.4. The Morgan fingerprint density at radius 2 is 1.76 bits per heavy atom. The highest BCUT2D eigenvalue weighted by atomic mass is 32.2. The van der Waals surface area contributed by atoms with Crippen LogP contribution in [0.4, 0.5) is 13.2 Å². The maximum absolute atomic E-state index is 12.0. The van der Waals surface area contributed by atoms with E-state index in [0.717, 1.165) is 24.3 Å². The van der Waals surface area contributed by atoms with Crippen molar-refractivity contribution in [1.82, 2.24) is 19.5 Å². The molecule has 2 aromatic heterocycles. The highest BCUT2D eigenvalue weighted by molar-refractivity contribution is 7.97. The number of benzene rings is 1. The van der Waals surface area contributed by atoms with E-state index >= 15 is 0 Å². The molecular weight excluding hydrogens is 557 g/mol. The Morgan fingerprint density at radius 1 is 1.12 bits per heavy atom. The molecule has 1 aliphatic carbocycles. The largest absolute Gasteiger partial charge is 0.574 e. The number of ether oxygens (including phenoxy) is 2. The molecule has 1 saturated carbocycles. The molecule has 1 saturated heterocycles. The molecule has 2 N–H and O–H groups in total. The van der Waals surface area contributed by atoms with Crippen molar-refractivity contribution < 1.29 is 32.5 Å². The zero-order valence-electron chi connectivity index (χ0n) is 23.3. The number of aromatic nitrogens is 3. The fourth-order valence-corrected chi connectivity index (χ4v) is 5.25. The Hall–Kier alpha value is -3.43. The number of hydrogen-bond donors (Lipinski definition) is 2. The molecular formula is C29H37F3N4O4S. The molecule has 0 unspecified atom stereocenters. The van der Waals surface area contributed by atoms with Crippen LogP contribution in [0.5, 0.6) is 11.6 Å². The molecule has 3 heterocycles. The second-order valence-electron chi connectivity index (χ2n) is 9.39. The first-order valence-electron chi connectivity index (χ1n) is 13.4. The molecule has 1 aromatic carbocycles. The summed E-state index contributed by atoms with van der Waals surface area (Å²) in [6.07, 6.45) is 11.7. The molecule has 0 bridgehead atoms. The Labute approximate surface area is 243 Å². The van der Waals surface area contributed by atoms with Crippen molar-refractivity contribution >= 4 is 29.0 Å². The molecule has 0 spiro atoms. The van der Waals surface area contributed by atoms with Crippen LogP contribution in [0, 0.1) is 18.8 Å². The molecule has 2 fully saturated rings. The molecule has 1 atom stereocenters. The third-order valence-corrected chi connectivity index (χ3v) is 7.10. The van der Waals surface area contributed by atoms with Gasteiger partial charge in [0.2, 0.25) is 5.88 Å². The SMILES string of the molecule is C#C.C1CCCC1.CCOc1ccc(SN2CC[C@@H](C)C2)cc1.O=C(O)Cc1[nH]nc2nc(OC(F)(F)F)ccc12.